The van der Waals surface area contributed by atoms with Gasteiger partial charge in [0.05, 0.1) is 0 Å². The average Bonchev–Trinajstić information content (AvgIpc) is 3.15. The van der Waals surface area contributed by atoms with Crippen LogP contribution in [0.2, 0.25) is 3.63 Å². The van der Waals surface area contributed by atoms with Gasteiger partial charge in [-0.15, -0.1) is 19.8 Å². The predicted octanol–water partition coefficient (Wildman–Crippen LogP) is 1.19. The summed E-state index contributed by atoms with van der Waals surface area (Å²) in [5.41, 5.74) is 3.20. The summed E-state index contributed by atoms with van der Waals surface area (Å²) in [6, 6.07) is 0. The molecule has 0 aromatic heterocycles. The van der Waals surface area contributed by atoms with Crippen LogP contribution in [-0.4, -0.2) is 19.8 Å². The molecule has 0 heterocycles. The van der Waals surface area contributed by atoms with Crippen molar-refractivity contribution in [2.45, 2.75) is 37.2 Å². The Morgan fingerprint density at radius 3 is 1.33 bits per heavy atom. The molecule has 2 rings (SSSR count). The van der Waals surface area contributed by atoms with E-state index in [1.807, 2.05) is 0 Å². The fourth-order valence-corrected chi connectivity index (χ4v) is 2.65. The summed E-state index contributed by atoms with van der Waals surface area (Å²) in [4.78, 5) is 0. The van der Waals surface area contributed by atoms with Crippen LogP contribution in [0.1, 0.15) is 33.6 Å². The van der Waals surface area contributed by atoms with Crippen LogP contribution in [0.4, 0.5) is 0 Å². The minimum atomic E-state index is 0. The molecule has 0 N–H and O–H groups in total. The van der Waals surface area contributed by atoms with Crippen LogP contribution >= 0.6 is 0 Å². The third kappa shape index (κ3) is 13.1. The molecule has 0 aromatic carbocycles. The molecule has 0 fully saturated rings. The van der Waals surface area contributed by atoms with Crippen molar-refractivity contribution in [2.75, 3.05) is 19.8 Å². The molecule has 0 bridgehead atoms. The molecule has 0 saturated carbocycles. The van der Waals surface area contributed by atoms with Crippen molar-refractivity contribution < 1.29 is 40.0 Å². The van der Waals surface area contributed by atoms with Gasteiger partial charge >= 0.3 is 88.8 Å². The van der Waals surface area contributed by atoms with Gasteiger partial charge in [-0.2, -0.15) is 0 Å². The van der Waals surface area contributed by atoms with Gasteiger partial charge in [-0.1, -0.05) is 20.8 Å². The first-order chi connectivity index (χ1) is 10.1. The molecule has 0 unspecified atom stereocenters. The van der Waals surface area contributed by atoms with E-state index >= 15 is 0 Å². The van der Waals surface area contributed by atoms with E-state index in [1.54, 1.807) is 56.6 Å². The minimum absolute atomic E-state index is 0. The number of rotatable bonds is 2. The van der Waals surface area contributed by atoms with Crippen LogP contribution < -0.4 is 15.3 Å². The molecule has 0 aliphatic heterocycles. The zero-order valence-electron chi connectivity index (χ0n) is 13.3. The SMILES string of the molecule is CC[O-].CC[O-].CC[O-].[Zr+3][CH](C1=CC=CC1)C1=CC=CC1. The molecule has 2 aliphatic rings. The van der Waals surface area contributed by atoms with Gasteiger partial charge in [-0.3, -0.25) is 0 Å². The molecule has 0 saturated heterocycles. The average molecular weight is 370 g/mol. The van der Waals surface area contributed by atoms with E-state index in [-0.39, 0.29) is 19.8 Å². The van der Waals surface area contributed by atoms with E-state index in [4.69, 9.17) is 15.3 Å². The molecule has 3 nitrogen and oxygen atoms in total. The summed E-state index contributed by atoms with van der Waals surface area (Å²) in [5, 5.41) is 26.8. The van der Waals surface area contributed by atoms with Gasteiger partial charge in [0.1, 0.15) is 0 Å². The topological polar surface area (TPSA) is 69.2 Å². The van der Waals surface area contributed by atoms with Crippen molar-refractivity contribution in [1.82, 2.24) is 0 Å². The summed E-state index contributed by atoms with van der Waals surface area (Å²) in [7, 11) is 0. The number of hydrogen-bond acceptors (Lipinski definition) is 3. The van der Waals surface area contributed by atoms with Crippen LogP contribution in [0.15, 0.2) is 47.6 Å². The maximum absolute atomic E-state index is 8.93. The molecular weight excluding hydrogens is 343 g/mol. The Labute approximate surface area is 144 Å². The zero-order valence-corrected chi connectivity index (χ0v) is 15.8. The Kier molecular flexibility index (Phi) is 19.5. The van der Waals surface area contributed by atoms with Crippen LogP contribution in [-0.2, 0) is 24.7 Å². The summed E-state index contributed by atoms with van der Waals surface area (Å²) >= 11 is 1.63. The normalized spacial score (nSPS) is 14.3. The molecule has 0 atom stereocenters. The van der Waals surface area contributed by atoms with Gasteiger partial charge < -0.3 is 15.3 Å². The first-order valence-corrected chi connectivity index (χ1v) is 8.71. The Balaban J connectivity index is 0. The molecule has 0 spiro atoms. The third-order valence-corrected chi connectivity index (χ3v) is 4.16. The van der Waals surface area contributed by atoms with Crippen LogP contribution in [0.5, 0.6) is 0 Å². The summed E-state index contributed by atoms with van der Waals surface area (Å²) in [6.07, 6.45) is 15.7. The molecular formula is C17H26O3Zr. The molecule has 4 heteroatoms. The van der Waals surface area contributed by atoms with E-state index in [0.29, 0.717) is 0 Å². The van der Waals surface area contributed by atoms with E-state index in [9.17, 15) is 0 Å². The summed E-state index contributed by atoms with van der Waals surface area (Å²) in [5.74, 6) is 0. The second-order valence-electron chi connectivity index (χ2n) is 4.05. The van der Waals surface area contributed by atoms with E-state index in [2.05, 4.69) is 36.5 Å². The molecule has 21 heavy (non-hydrogen) atoms. The first kappa shape index (κ1) is 23.0. The Morgan fingerprint density at radius 2 is 1.14 bits per heavy atom. The molecule has 0 aromatic rings. The zero-order chi connectivity index (χ0) is 16.5. The molecule has 116 valence electrons. The van der Waals surface area contributed by atoms with Crippen molar-refractivity contribution in [3.63, 3.8) is 0 Å². The van der Waals surface area contributed by atoms with Gasteiger partial charge in [-0.25, -0.2) is 0 Å². The predicted molar refractivity (Wildman–Crippen MR) is 79.1 cm³/mol. The van der Waals surface area contributed by atoms with Crippen LogP contribution in [0.25, 0.3) is 0 Å². The van der Waals surface area contributed by atoms with Gasteiger partial charge in [0.2, 0.25) is 0 Å². The molecule has 0 radical (unpaired) electrons. The van der Waals surface area contributed by atoms with Crippen molar-refractivity contribution in [3.8, 4) is 0 Å². The second-order valence-corrected chi connectivity index (χ2v) is 5.47. The van der Waals surface area contributed by atoms with Gasteiger partial charge in [0, 0.05) is 0 Å². The van der Waals surface area contributed by atoms with Crippen LogP contribution in [0.3, 0.4) is 0 Å². The Hall–Kier alpha value is -0.277. The second kappa shape index (κ2) is 17.8. The van der Waals surface area contributed by atoms with Crippen molar-refractivity contribution in [2.24, 2.45) is 0 Å². The van der Waals surface area contributed by atoms with E-state index < -0.39 is 0 Å². The van der Waals surface area contributed by atoms with Crippen LogP contribution in [0, 0.1) is 0 Å². The monoisotopic (exact) mass is 368 g/mol. The number of allylic oxidation sites excluding steroid dienone is 8. The Bertz CT molecular complexity index is 309. The van der Waals surface area contributed by atoms with Gasteiger partial charge in [0.25, 0.3) is 0 Å². The molecule has 0 amide bonds. The number of hydrogen-bond donors (Lipinski definition) is 0. The fourth-order valence-electron chi connectivity index (χ4n) is 1.59. The maximum atomic E-state index is 8.93. The standard InChI is InChI=1S/C11H11.3C2H5O.Zr/c1-2-6-10(5-1)9-11-7-3-4-8-11;3*1-2-3;/h1-5,7,9H,6,8H2;3*2H2,1H3;/q;3*-1;+3. The summed E-state index contributed by atoms with van der Waals surface area (Å²) < 4.78 is 0.738. The van der Waals surface area contributed by atoms with Crippen molar-refractivity contribution in [1.29, 1.82) is 0 Å². The van der Waals surface area contributed by atoms with Gasteiger partial charge in [-0.05, 0) is 0 Å². The quantitative estimate of drug-likeness (QED) is 0.734. The summed E-state index contributed by atoms with van der Waals surface area (Å²) in [6.45, 7) is 4.71. The van der Waals surface area contributed by atoms with Crippen molar-refractivity contribution in [3.05, 3.63) is 47.6 Å². The Morgan fingerprint density at radius 1 is 0.857 bits per heavy atom. The molecule has 2 aliphatic carbocycles. The first-order valence-electron chi connectivity index (χ1n) is 7.29. The van der Waals surface area contributed by atoms with E-state index in [1.165, 1.54) is 12.8 Å². The fraction of sp³-hybridized carbons (Fsp3) is 0.529. The van der Waals surface area contributed by atoms with Gasteiger partial charge in [0.15, 0.2) is 0 Å². The van der Waals surface area contributed by atoms with Crippen molar-refractivity contribution >= 4 is 0 Å². The third-order valence-electron chi connectivity index (χ3n) is 2.34. The van der Waals surface area contributed by atoms with E-state index in [0.717, 1.165) is 3.63 Å².